The molecule has 0 N–H and O–H groups in total. The lowest BCUT2D eigenvalue weighted by Gasteiger charge is -2.30. The Morgan fingerprint density at radius 2 is 1.38 bits per heavy atom. The lowest BCUT2D eigenvalue weighted by Crippen LogP contribution is -2.19. The number of hydrogen-bond donors (Lipinski definition) is 0. The maximum atomic E-state index is 4.00. The van der Waals surface area contributed by atoms with Crippen molar-refractivity contribution in [2.24, 2.45) is 17.8 Å². The van der Waals surface area contributed by atoms with Gasteiger partial charge in [-0.05, 0) is 17.8 Å². The molecule has 0 aliphatic heterocycles. The molecule has 76 valence electrons. The molecule has 0 heterocycles. The van der Waals surface area contributed by atoms with E-state index in [0.717, 1.165) is 17.8 Å². The SMILES string of the molecule is C#C.CC(C)[C@@H](C)C1CCCCC1. The highest BCUT2D eigenvalue weighted by Gasteiger charge is 2.21. The number of terminal acetylenes is 1. The number of rotatable bonds is 2. The molecule has 0 bridgehead atoms. The summed E-state index contributed by atoms with van der Waals surface area (Å²) in [5.41, 5.74) is 0. The van der Waals surface area contributed by atoms with Gasteiger partial charge in [0.25, 0.3) is 0 Å². The molecule has 1 aliphatic carbocycles. The third-order valence-electron chi connectivity index (χ3n) is 3.44. The van der Waals surface area contributed by atoms with Crippen molar-refractivity contribution in [3.63, 3.8) is 0 Å². The Hall–Kier alpha value is -0.440. The second kappa shape index (κ2) is 7.01. The molecule has 1 atom stereocenters. The summed E-state index contributed by atoms with van der Waals surface area (Å²) in [7, 11) is 0. The molecule has 0 unspecified atom stereocenters. The van der Waals surface area contributed by atoms with E-state index in [1.807, 2.05) is 0 Å². The highest BCUT2D eigenvalue weighted by atomic mass is 14.3. The Morgan fingerprint density at radius 1 is 0.923 bits per heavy atom. The van der Waals surface area contributed by atoms with E-state index in [4.69, 9.17) is 0 Å². The standard InChI is InChI=1S/C11H22.C2H2/c1-9(2)10(3)11-7-5-4-6-8-11;1-2/h9-11H,4-8H2,1-3H3;1-2H/t10-;/m1./s1. The molecular formula is C13H24. The van der Waals surface area contributed by atoms with Gasteiger partial charge < -0.3 is 0 Å². The molecule has 1 fully saturated rings. The second-order valence-electron chi connectivity index (χ2n) is 4.50. The van der Waals surface area contributed by atoms with Crippen LogP contribution in [0, 0.1) is 30.6 Å². The van der Waals surface area contributed by atoms with Crippen LogP contribution in [0.5, 0.6) is 0 Å². The largest absolute Gasteiger partial charge is 0.124 e. The monoisotopic (exact) mass is 180 g/mol. The Balaban J connectivity index is 0.000000671. The minimum atomic E-state index is 0.887. The molecule has 0 amide bonds. The number of hydrogen-bond acceptors (Lipinski definition) is 0. The molecule has 0 aromatic heterocycles. The van der Waals surface area contributed by atoms with Crippen LogP contribution in [-0.4, -0.2) is 0 Å². The van der Waals surface area contributed by atoms with Crippen molar-refractivity contribution in [1.82, 2.24) is 0 Å². The zero-order valence-electron chi connectivity index (χ0n) is 9.42. The maximum absolute atomic E-state index is 4.00. The van der Waals surface area contributed by atoms with Crippen molar-refractivity contribution in [2.45, 2.75) is 52.9 Å². The van der Waals surface area contributed by atoms with Crippen molar-refractivity contribution in [2.75, 3.05) is 0 Å². The normalized spacial score (nSPS) is 20.5. The average molecular weight is 180 g/mol. The summed E-state index contributed by atoms with van der Waals surface area (Å²) in [5, 5.41) is 0. The summed E-state index contributed by atoms with van der Waals surface area (Å²) in [6.45, 7) is 7.15. The van der Waals surface area contributed by atoms with Gasteiger partial charge in [0.05, 0.1) is 0 Å². The van der Waals surface area contributed by atoms with Crippen LogP contribution in [0.1, 0.15) is 52.9 Å². The minimum absolute atomic E-state index is 0.887. The molecule has 1 saturated carbocycles. The first kappa shape index (κ1) is 12.6. The fraction of sp³-hybridized carbons (Fsp3) is 0.846. The lowest BCUT2D eigenvalue weighted by atomic mass is 9.76. The van der Waals surface area contributed by atoms with Crippen LogP contribution >= 0.6 is 0 Å². The summed E-state index contributed by atoms with van der Waals surface area (Å²) in [6.07, 6.45) is 15.5. The van der Waals surface area contributed by atoms with Gasteiger partial charge in [0.15, 0.2) is 0 Å². The van der Waals surface area contributed by atoms with Gasteiger partial charge in [0.2, 0.25) is 0 Å². The molecule has 13 heavy (non-hydrogen) atoms. The summed E-state index contributed by atoms with van der Waals surface area (Å²) < 4.78 is 0. The first-order valence-corrected chi connectivity index (χ1v) is 5.55. The predicted molar refractivity (Wildman–Crippen MR) is 60.5 cm³/mol. The second-order valence-corrected chi connectivity index (χ2v) is 4.50. The average Bonchev–Trinajstić information content (AvgIpc) is 2.21. The van der Waals surface area contributed by atoms with Gasteiger partial charge in [-0.1, -0.05) is 52.9 Å². The fourth-order valence-corrected chi connectivity index (χ4v) is 2.20. The topological polar surface area (TPSA) is 0 Å². The Morgan fingerprint density at radius 3 is 1.77 bits per heavy atom. The third kappa shape index (κ3) is 4.36. The lowest BCUT2D eigenvalue weighted by molar-refractivity contribution is 0.213. The predicted octanol–water partition coefficient (Wildman–Crippen LogP) is 4.11. The molecule has 1 rings (SSSR count). The summed E-state index contributed by atoms with van der Waals surface area (Å²) in [5.74, 6) is 2.89. The molecule has 0 saturated heterocycles. The van der Waals surface area contributed by atoms with Crippen LogP contribution in [0.25, 0.3) is 0 Å². The van der Waals surface area contributed by atoms with Crippen LogP contribution < -0.4 is 0 Å². The van der Waals surface area contributed by atoms with E-state index < -0.39 is 0 Å². The van der Waals surface area contributed by atoms with Crippen molar-refractivity contribution >= 4 is 0 Å². The summed E-state index contributed by atoms with van der Waals surface area (Å²) in [6, 6.07) is 0. The van der Waals surface area contributed by atoms with Gasteiger partial charge in [-0.25, -0.2) is 0 Å². The molecule has 0 spiro atoms. The quantitative estimate of drug-likeness (QED) is 0.561. The molecule has 0 nitrogen and oxygen atoms in total. The van der Waals surface area contributed by atoms with E-state index in [-0.39, 0.29) is 0 Å². The van der Waals surface area contributed by atoms with E-state index in [9.17, 15) is 0 Å². The zero-order chi connectivity index (χ0) is 10.3. The van der Waals surface area contributed by atoms with Crippen LogP contribution in [-0.2, 0) is 0 Å². The van der Waals surface area contributed by atoms with Gasteiger partial charge in [-0.15, -0.1) is 12.8 Å². The van der Waals surface area contributed by atoms with Gasteiger partial charge in [0.1, 0.15) is 0 Å². The molecular weight excluding hydrogens is 156 g/mol. The Labute approximate surface area is 84.1 Å². The van der Waals surface area contributed by atoms with E-state index in [0.29, 0.717) is 0 Å². The Bertz CT molecular complexity index is 126. The highest BCUT2D eigenvalue weighted by molar-refractivity contribution is 4.72. The fourth-order valence-electron chi connectivity index (χ4n) is 2.20. The smallest absolute Gasteiger partial charge is 0.0386 e. The maximum Gasteiger partial charge on any atom is -0.0386 e. The van der Waals surface area contributed by atoms with Gasteiger partial charge in [0, 0.05) is 0 Å². The summed E-state index contributed by atoms with van der Waals surface area (Å²) >= 11 is 0. The van der Waals surface area contributed by atoms with Crippen LogP contribution in [0.2, 0.25) is 0 Å². The van der Waals surface area contributed by atoms with E-state index in [1.54, 1.807) is 0 Å². The third-order valence-corrected chi connectivity index (χ3v) is 3.44. The Kier molecular flexibility index (Phi) is 6.77. The van der Waals surface area contributed by atoms with Gasteiger partial charge >= 0.3 is 0 Å². The van der Waals surface area contributed by atoms with E-state index >= 15 is 0 Å². The van der Waals surface area contributed by atoms with Gasteiger partial charge in [-0.2, -0.15) is 0 Å². The van der Waals surface area contributed by atoms with Crippen molar-refractivity contribution < 1.29 is 0 Å². The minimum Gasteiger partial charge on any atom is -0.124 e. The van der Waals surface area contributed by atoms with Crippen LogP contribution in [0.3, 0.4) is 0 Å². The molecule has 0 heteroatoms. The van der Waals surface area contributed by atoms with Gasteiger partial charge in [-0.3, -0.25) is 0 Å². The highest BCUT2D eigenvalue weighted by Crippen LogP contribution is 2.33. The van der Waals surface area contributed by atoms with Crippen molar-refractivity contribution in [1.29, 1.82) is 0 Å². The molecule has 0 aromatic carbocycles. The van der Waals surface area contributed by atoms with E-state index in [1.165, 1.54) is 32.1 Å². The van der Waals surface area contributed by atoms with Crippen LogP contribution in [0.4, 0.5) is 0 Å². The molecule has 0 radical (unpaired) electrons. The zero-order valence-corrected chi connectivity index (χ0v) is 9.42. The first-order chi connectivity index (χ1) is 6.22. The van der Waals surface area contributed by atoms with Crippen LogP contribution in [0.15, 0.2) is 0 Å². The van der Waals surface area contributed by atoms with Crippen molar-refractivity contribution in [3.05, 3.63) is 0 Å². The molecule has 0 aromatic rings. The summed E-state index contributed by atoms with van der Waals surface area (Å²) in [4.78, 5) is 0. The van der Waals surface area contributed by atoms with Crippen molar-refractivity contribution in [3.8, 4) is 12.8 Å². The van der Waals surface area contributed by atoms with E-state index in [2.05, 4.69) is 33.6 Å². The first-order valence-electron chi connectivity index (χ1n) is 5.55. The molecule has 1 aliphatic rings.